The molecule has 3 atom stereocenters. The van der Waals surface area contributed by atoms with Crippen LogP contribution in [0.2, 0.25) is 0 Å². The first-order valence-electron chi connectivity index (χ1n) is 8.10. The number of hydrogen-bond donors (Lipinski definition) is 1. The van der Waals surface area contributed by atoms with E-state index in [1.807, 2.05) is 0 Å². The molecule has 1 N–H and O–H groups in total. The zero-order valence-electron chi connectivity index (χ0n) is 14.7. The monoisotopic (exact) mass is 346 g/mol. The van der Waals surface area contributed by atoms with Crippen LogP contribution in [0.1, 0.15) is 34.1 Å². The van der Waals surface area contributed by atoms with Crippen molar-refractivity contribution in [3.8, 4) is 0 Å². The van der Waals surface area contributed by atoms with E-state index in [-0.39, 0.29) is 23.0 Å². The standard InChI is InChI=1S/C17H22N4O4/c1-10-7-11(2)15(13(4)12(10)3)9-18-19-16-6-5-14(20(22)23)8-17(16)21(24)25/h5-6,8-9,11,13,15,19H,7H2,1-4H3/b18-9+/t11-,13-,15+/m1/s1. The van der Waals surface area contributed by atoms with Crippen molar-refractivity contribution in [2.24, 2.45) is 22.9 Å². The Bertz CT molecular complexity index is 757. The highest BCUT2D eigenvalue weighted by molar-refractivity contribution is 5.69. The fourth-order valence-electron chi connectivity index (χ4n) is 3.30. The van der Waals surface area contributed by atoms with Gasteiger partial charge >= 0.3 is 5.69 Å². The van der Waals surface area contributed by atoms with Crippen LogP contribution < -0.4 is 5.43 Å². The van der Waals surface area contributed by atoms with Crippen LogP contribution in [0.3, 0.4) is 0 Å². The van der Waals surface area contributed by atoms with E-state index in [0.717, 1.165) is 12.5 Å². The normalized spacial score (nSPS) is 23.8. The van der Waals surface area contributed by atoms with Gasteiger partial charge in [0.25, 0.3) is 5.69 Å². The highest BCUT2D eigenvalue weighted by atomic mass is 16.6. The summed E-state index contributed by atoms with van der Waals surface area (Å²) in [6.07, 6.45) is 2.79. The molecule has 8 nitrogen and oxygen atoms in total. The summed E-state index contributed by atoms with van der Waals surface area (Å²) < 4.78 is 0. The van der Waals surface area contributed by atoms with E-state index < -0.39 is 9.85 Å². The number of anilines is 1. The van der Waals surface area contributed by atoms with Gasteiger partial charge in [-0.25, -0.2) is 0 Å². The van der Waals surface area contributed by atoms with E-state index in [9.17, 15) is 20.2 Å². The summed E-state index contributed by atoms with van der Waals surface area (Å²) in [7, 11) is 0. The molecular weight excluding hydrogens is 324 g/mol. The summed E-state index contributed by atoms with van der Waals surface area (Å²) in [5.41, 5.74) is 4.86. The lowest BCUT2D eigenvalue weighted by molar-refractivity contribution is -0.393. The average Bonchev–Trinajstić information content (AvgIpc) is 2.55. The number of benzene rings is 1. The minimum atomic E-state index is -0.664. The molecule has 0 spiro atoms. The Morgan fingerprint density at radius 3 is 2.48 bits per heavy atom. The second-order valence-corrected chi connectivity index (χ2v) is 6.62. The van der Waals surface area contributed by atoms with Gasteiger partial charge in [0.2, 0.25) is 0 Å². The molecule has 0 saturated heterocycles. The predicted molar refractivity (Wildman–Crippen MR) is 96.7 cm³/mol. The Hall–Kier alpha value is -2.77. The predicted octanol–water partition coefficient (Wildman–Crippen LogP) is 4.53. The molecule has 1 aromatic carbocycles. The van der Waals surface area contributed by atoms with E-state index >= 15 is 0 Å². The maximum absolute atomic E-state index is 11.1. The van der Waals surface area contributed by atoms with Gasteiger partial charge < -0.3 is 0 Å². The van der Waals surface area contributed by atoms with Crippen LogP contribution in [0.4, 0.5) is 17.1 Å². The number of nitro benzene ring substituents is 2. The molecule has 0 heterocycles. The Morgan fingerprint density at radius 1 is 1.20 bits per heavy atom. The van der Waals surface area contributed by atoms with Crippen LogP contribution >= 0.6 is 0 Å². The molecule has 1 aromatic rings. The van der Waals surface area contributed by atoms with E-state index in [0.29, 0.717) is 11.8 Å². The molecule has 25 heavy (non-hydrogen) atoms. The first kappa shape index (κ1) is 18.6. The van der Waals surface area contributed by atoms with Crippen LogP contribution in [-0.4, -0.2) is 16.1 Å². The molecule has 0 saturated carbocycles. The van der Waals surface area contributed by atoms with Crippen molar-refractivity contribution < 1.29 is 9.85 Å². The molecule has 0 radical (unpaired) electrons. The van der Waals surface area contributed by atoms with Crippen LogP contribution in [0.15, 0.2) is 34.4 Å². The Labute approximate surface area is 145 Å². The SMILES string of the molecule is CC1=C(C)[C@@H](C)[C@@H](/C=N/Nc2ccc([N+](=O)[O-])cc2[N+](=O)[O-])[C@H](C)C1. The van der Waals surface area contributed by atoms with Crippen molar-refractivity contribution in [1.29, 1.82) is 0 Å². The van der Waals surface area contributed by atoms with Crippen LogP contribution in [0.25, 0.3) is 0 Å². The summed E-state index contributed by atoms with van der Waals surface area (Å²) in [5, 5.41) is 26.1. The topological polar surface area (TPSA) is 111 Å². The van der Waals surface area contributed by atoms with Gasteiger partial charge in [-0.2, -0.15) is 5.10 Å². The van der Waals surface area contributed by atoms with Crippen molar-refractivity contribution >= 4 is 23.3 Å². The summed E-state index contributed by atoms with van der Waals surface area (Å²) in [6, 6.07) is 3.45. The van der Waals surface area contributed by atoms with Crippen molar-refractivity contribution in [2.75, 3.05) is 5.43 Å². The summed E-state index contributed by atoms with van der Waals surface area (Å²) in [6.45, 7) is 8.59. The molecular formula is C17H22N4O4. The molecule has 0 bridgehead atoms. The summed E-state index contributed by atoms with van der Waals surface area (Å²) in [4.78, 5) is 20.6. The minimum absolute atomic E-state index is 0.131. The highest BCUT2D eigenvalue weighted by Crippen LogP contribution is 2.37. The largest absolute Gasteiger partial charge is 0.301 e. The molecule has 0 unspecified atom stereocenters. The van der Waals surface area contributed by atoms with Gasteiger partial charge in [0.15, 0.2) is 0 Å². The lowest BCUT2D eigenvalue weighted by Gasteiger charge is -2.33. The van der Waals surface area contributed by atoms with Crippen LogP contribution in [0, 0.1) is 38.0 Å². The molecule has 0 amide bonds. The number of non-ortho nitro benzene ring substituents is 1. The number of nitrogens with zero attached hydrogens (tertiary/aromatic N) is 3. The van der Waals surface area contributed by atoms with E-state index in [1.54, 1.807) is 6.21 Å². The molecule has 0 fully saturated rings. The zero-order valence-corrected chi connectivity index (χ0v) is 14.7. The van der Waals surface area contributed by atoms with Crippen LogP contribution in [0.5, 0.6) is 0 Å². The quantitative estimate of drug-likeness (QED) is 0.364. The fraction of sp³-hybridized carbons (Fsp3) is 0.471. The van der Waals surface area contributed by atoms with E-state index in [4.69, 9.17) is 0 Å². The van der Waals surface area contributed by atoms with Crippen molar-refractivity contribution in [3.63, 3.8) is 0 Å². The Balaban J connectivity index is 2.19. The number of hydrogen-bond acceptors (Lipinski definition) is 6. The number of nitro groups is 2. The smallest absolute Gasteiger partial charge is 0.272 e. The van der Waals surface area contributed by atoms with Gasteiger partial charge in [-0.1, -0.05) is 25.0 Å². The lowest BCUT2D eigenvalue weighted by atomic mass is 9.71. The summed E-state index contributed by atoms with van der Waals surface area (Å²) >= 11 is 0. The third kappa shape index (κ3) is 4.01. The number of hydrazone groups is 1. The van der Waals surface area contributed by atoms with Crippen molar-refractivity contribution in [2.45, 2.75) is 34.1 Å². The maximum atomic E-state index is 11.1. The van der Waals surface area contributed by atoms with E-state index in [2.05, 4.69) is 38.2 Å². The second-order valence-electron chi connectivity index (χ2n) is 6.62. The number of allylic oxidation sites excluding steroid dienone is 2. The van der Waals surface area contributed by atoms with Gasteiger partial charge in [0.1, 0.15) is 5.69 Å². The van der Waals surface area contributed by atoms with Gasteiger partial charge in [-0.05, 0) is 38.2 Å². The molecule has 2 rings (SSSR count). The van der Waals surface area contributed by atoms with Gasteiger partial charge in [-0.3, -0.25) is 25.7 Å². The van der Waals surface area contributed by atoms with Crippen molar-refractivity contribution in [1.82, 2.24) is 0 Å². The van der Waals surface area contributed by atoms with Gasteiger partial charge in [0, 0.05) is 18.2 Å². The number of nitrogens with one attached hydrogen (secondary N) is 1. The second kappa shape index (κ2) is 7.42. The van der Waals surface area contributed by atoms with E-state index in [1.165, 1.54) is 23.3 Å². The summed E-state index contributed by atoms with van der Waals surface area (Å²) in [5.74, 6) is 1.01. The molecule has 8 heteroatoms. The maximum Gasteiger partial charge on any atom is 0.301 e. The van der Waals surface area contributed by atoms with Crippen LogP contribution in [-0.2, 0) is 0 Å². The lowest BCUT2D eigenvalue weighted by Crippen LogP contribution is -2.27. The highest BCUT2D eigenvalue weighted by Gasteiger charge is 2.29. The van der Waals surface area contributed by atoms with Crippen molar-refractivity contribution in [3.05, 3.63) is 49.6 Å². The molecule has 0 aliphatic heterocycles. The zero-order chi connectivity index (χ0) is 18.7. The molecule has 1 aliphatic rings. The Kier molecular flexibility index (Phi) is 5.51. The average molecular weight is 346 g/mol. The molecule has 1 aliphatic carbocycles. The van der Waals surface area contributed by atoms with Gasteiger partial charge in [0.05, 0.1) is 15.9 Å². The first-order chi connectivity index (χ1) is 11.7. The van der Waals surface area contributed by atoms with Gasteiger partial charge in [-0.15, -0.1) is 0 Å². The molecule has 134 valence electrons. The molecule has 0 aromatic heterocycles. The first-order valence-corrected chi connectivity index (χ1v) is 8.10. The third-order valence-corrected chi connectivity index (χ3v) is 5.04. The fourth-order valence-corrected chi connectivity index (χ4v) is 3.30. The minimum Gasteiger partial charge on any atom is -0.272 e. The Morgan fingerprint density at radius 2 is 1.88 bits per heavy atom. The third-order valence-electron chi connectivity index (χ3n) is 5.04. The number of rotatable bonds is 5.